The van der Waals surface area contributed by atoms with Crippen molar-refractivity contribution in [3.8, 4) is 0 Å². The molecule has 2 rings (SSSR count). The van der Waals surface area contributed by atoms with Gasteiger partial charge in [0.15, 0.2) is 0 Å². The first-order valence-electron chi connectivity index (χ1n) is 7.12. The molecule has 0 amide bonds. The van der Waals surface area contributed by atoms with Crippen molar-refractivity contribution in [1.82, 2.24) is 0 Å². The number of hydrogen-bond acceptors (Lipinski definition) is 5. The van der Waals surface area contributed by atoms with E-state index in [0.717, 1.165) is 22.5 Å². The van der Waals surface area contributed by atoms with E-state index in [1.54, 1.807) is 38.1 Å². The van der Waals surface area contributed by atoms with E-state index in [9.17, 15) is 13.2 Å². The van der Waals surface area contributed by atoms with E-state index in [1.165, 1.54) is 0 Å². The van der Waals surface area contributed by atoms with Crippen molar-refractivity contribution in [3.63, 3.8) is 0 Å². The summed E-state index contributed by atoms with van der Waals surface area (Å²) in [4.78, 5) is 12.4. The molecule has 0 saturated carbocycles. The fourth-order valence-corrected chi connectivity index (χ4v) is 4.34. The highest BCUT2D eigenvalue weighted by Crippen LogP contribution is 2.29. The van der Waals surface area contributed by atoms with E-state index in [0.29, 0.717) is 15.4 Å². The van der Waals surface area contributed by atoms with Gasteiger partial charge in [-0.25, -0.2) is 13.2 Å². The summed E-state index contributed by atoms with van der Waals surface area (Å²) in [5, 5.41) is 0.392. The number of nitrogens with one attached hydrogen (secondary N) is 1. The van der Waals surface area contributed by atoms with Crippen LogP contribution in [0.1, 0.15) is 33.3 Å². The number of rotatable bonds is 5. The highest BCUT2D eigenvalue weighted by atomic mass is 32.2. The number of esters is 1. The topological polar surface area (TPSA) is 72.5 Å². The predicted molar refractivity (Wildman–Crippen MR) is 91.7 cm³/mol. The third-order valence-electron chi connectivity index (χ3n) is 3.40. The average molecular weight is 353 g/mol. The Morgan fingerprint density at radius 2 is 1.83 bits per heavy atom. The lowest BCUT2D eigenvalue weighted by atomic mass is 10.1. The highest BCUT2D eigenvalue weighted by molar-refractivity contribution is 7.93. The maximum absolute atomic E-state index is 12.5. The Morgan fingerprint density at radius 1 is 1.13 bits per heavy atom. The zero-order valence-electron chi connectivity index (χ0n) is 13.5. The van der Waals surface area contributed by atoms with Gasteiger partial charge in [-0.3, -0.25) is 4.72 Å². The lowest BCUT2D eigenvalue weighted by molar-refractivity contribution is 0.0531. The fourth-order valence-electron chi connectivity index (χ4n) is 2.00. The molecule has 0 fully saturated rings. The van der Waals surface area contributed by atoms with Gasteiger partial charge in [-0.15, -0.1) is 11.3 Å². The van der Waals surface area contributed by atoms with Gasteiger partial charge < -0.3 is 4.74 Å². The number of aryl methyl sites for hydroxylation is 3. The van der Waals surface area contributed by atoms with Crippen LogP contribution in [0.25, 0.3) is 0 Å². The second-order valence-electron chi connectivity index (χ2n) is 5.19. The SMILES string of the molecule is CCOC(=O)c1sc(NS(=O)(=O)c2ccc(C)c(C)c2)cc1C. The third kappa shape index (κ3) is 3.92. The first kappa shape index (κ1) is 17.5. The zero-order valence-corrected chi connectivity index (χ0v) is 15.1. The summed E-state index contributed by atoms with van der Waals surface area (Å²) in [7, 11) is -3.69. The highest BCUT2D eigenvalue weighted by Gasteiger charge is 2.19. The molecule has 7 heteroatoms. The molecule has 2 aromatic rings. The molecule has 0 unspecified atom stereocenters. The second kappa shape index (κ2) is 6.72. The van der Waals surface area contributed by atoms with Crippen molar-refractivity contribution in [3.05, 3.63) is 45.8 Å². The second-order valence-corrected chi connectivity index (χ2v) is 7.93. The lowest BCUT2D eigenvalue weighted by Gasteiger charge is -2.08. The molecule has 1 heterocycles. The molecule has 1 aromatic carbocycles. The van der Waals surface area contributed by atoms with E-state index < -0.39 is 16.0 Å². The van der Waals surface area contributed by atoms with Gasteiger partial charge in [0.2, 0.25) is 0 Å². The Morgan fingerprint density at radius 3 is 2.43 bits per heavy atom. The van der Waals surface area contributed by atoms with Crippen LogP contribution in [0.3, 0.4) is 0 Å². The maximum Gasteiger partial charge on any atom is 0.348 e. The molecule has 0 spiro atoms. The van der Waals surface area contributed by atoms with Gasteiger partial charge in [-0.1, -0.05) is 6.07 Å². The number of thiophene rings is 1. The van der Waals surface area contributed by atoms with Crippen molar-refractivity contribution in [2.24, 2.45) is 0 Å². The summed E-state index contributed by atoms with van der Waals surface area (Å²) < 4.78 is 32.4. The molecular formula is C16H19NO4S2. The molecule has 0 aliphatic rings. The van der Waals surface area contributed by atoms with Gasteiger partial charge in [0.1, 0.15) is 9.88 Å². The summed E-state index contributed by atoms with van der Waals surface area (Å²) >= 11 is 1.07. The Hall–Kier alpha value is -1.86. The minimum absolute atomic E-state index is 0.198. The summed E-state index contributed by atoms with van der Waals surface area (Å²) in [6, 6.07) is 6.60. The van der Waals surface area contributed by atoms with Crippen LogP contribution < -0.4 is 4.72 Å². The summed E-state index contributed by atoms with van der Waals surface area (Å²) in [5.74, 6) is -0.438. The van der Waals surface area contributed by atoms with Gasteiger partial charge in [-0.05, 0) is 62.6 Å². The van der Waals surface area contributed by atoms with E-state index >= 15 is 0 Å². The number of hydrogen-bond donors (Lipinski definition) is 1. The first-order chi connectivity index (χ1) is 10.7. The molecule has 5 nitrogen and oxygen atoms in total. The minimum atomic E-state index is -3.69. The molecule has 1 aromatic heterocycles. The van der Waals surface area contributed by atoms with Gasteiger partial charge in [0, 0.05) is 0 Å². The number of carbonyl (C=O) groups is 1. The molecule has 1 N–H and O–H groups in total. The third-order valence-corrected chi connectivity index (χ3v) is 6.03. The van der Waals surface area contributed by atoms with Gasteiger partial charge >= 0.3 is 5.97 Å². The van der Waals surface area contributed by atoms with Crippen LogP contribution in [0, 0.1) is 20.8 Å². The Kier molecular flexibility index (Phi) is 5.11. The summed E-state index contributed by atoms with van der Waals surface area (Å²) in [5.41, 5.74) is 2.62. The molecule has 0 saturated heterocycles. The number of carbonyl (C=O) groups excluding carboxylic acids is 1. The zero-order chi connectivity index (χ0) is 17.2. The number of ether oxygens (including phenoxy) is 1. The van der Waals surface area contributed by atoms with Crippen LogP contribution in [0.15, 0.2) is 29.2 Å². The molecular weight excluding hydrogens is 334 g/mol. The van der Waals surface area contributed by atoms with Crippen LogP contribution >= 0.6 is 11.3 Å². The smallest absolute Gasteiger partial charge is 0.348 e. The average Bonchev–Trinajstić information content (AvgIpc) is 2.82. The van der Waals surface area contributed by atoms with Crippen molar-refractivity contribution in [2.45, 2.75) is 32.6 Å². The number of benzene rings is 1. The van der Waals surface area contributed by atoms with Crippen molar-refractivity contribution in [2.75, 3.05) is 11.3 Å². The molecule has 0 aliphatic carbocycles. The predicted octanol–water partition coefficient (Wildman–Crippen LogP) is 3.65. The van der Waals surface area contributed by atoms with Crippen molar-refractivity contribution in [1.29, 1.82) is 0 Å². The van der Waals surface area contributed by atoms with E-state index in [1.807, 2.05) is 13.8 Å². The monoisotopic (exact) mass is 353 g/mol. The summed E-state index contributed by atoms with van der Waals surface area (Å²) in [6.45, 7) is 7.54. The van der Waals surface area contributed by atoms with Crippen LogP contribution in [-0.4, -0.2) is 21.0 Å². The largest absolute Gasteiger partial charge is 0.462 e. The van der Waals surface area contributed by atoms with Crippen LogP contribution in [0.4, 0.5) is 5.00 Å². The molecule has 0 bridgehead atoms. The number of anilines is 1. The van der Waals surface area contributed by atoms with Gasteiger partial charge in [0.25, 0.3) is 10.0 Å². The Balaban J connectivity index is 2.29. The fraction of sp³-hybridized carbons (Fsp3) is 0.312. The molecule has 0 aliphatic heterocycles. The van der Waals surface area contributed by atoms with E-state index in [-0.39, 0.29) is 11.5 Å². The quantitative estimate of drug-likeness (QED) is 0.833. The van der Waals surface area contributed by atoms with Crippen molar-refractivity contribution >= 4 is 32.3 Å². The van der Waals surface area contributed by atoms with Gasteiger partial charge in [-0.2, -0.15) is 0 Å². The molecule has 0 radical (unpaired) electrons. The van der Waals surface area contributed by atoms with Crippen LogP contribution in [0.2, 0.25) is 0 Å². The molecule has 124 valence electrons. The van der Waals surface area contributed by atoms with Gasteiger partial charge in [0.05, 0.1) is 11.5 Å². The van der Waals surface area contributed by atoms with Crippen LogP contribution in [0.5, 0.6) is 0 Å². The van der Waals surface area contributed by atoms with E-state index in [4.69, 9.17) is 4.74 Å². The van der Waals surface area contributed by atoms with Crippen molar-refractivity contribution < 1.29 is 17.9 Å². The molecule has 23 heavy (non-hydrogen) atoms. The Labute approximate surface area is 140 Å². The van der Waals surface area contributed by atoms with Crippen LogP contribution in [-0.2, 0) is 14.8 Å². The standard InChI is InChI=1S/C16H19NO4S2/c1-5-21-16(18)15-12(4)9-14(22-15)17-23(19,20)13-7-6-10(2)11(3)8-13/h6-9,17H,5H2,1-4H3. The maximum atomic E-state index is 12.5. The lowest BCUT2D eigenvalue weighted by Crippen LogP contribution is -2.12. The normalized spacial score (nSPS) is 11.3. The Bertz CT molecular complexity index is 838. The first-order valence-corrected chi connectivity index (χ1v) is 9.42. The number of sulfonamides is 1. The minimum Gasteiger partial charge on any atom is -0.462 e. The summed E-state index contributed by atoms with van der Waals surface area (Å²) in [6.07, 6.45) is 0. The molecule has 0 atom stereocenters. The van der Waals surface area contributed by atoms with E-state index in [2.05, 4.69) is 4.72 Å².